The summed E-state index contributed by atoms with van der Waals surface area (Å²) in [6, 6.07) is 8.21. The predicted octanol–water partition coefficient (Wildman–Crippen LogP) is 4.67. The van der Waals surface area contributed by atoms with Gasteiger partial charge in [0.1, 0.15) is 29.5 Å². The zero-order chi connectivity index (χ0) is 29.9. The van der Waals surface area contributed by atoms with Gasteiger partial charge in [-0.1, -0.05) is 43.1 Å². The molecule has 216 valence electrons. The standard InChI is InChI=1S/C29H23Cl2N3O6S2/c1-29(2)16-8-14(5-6-18(16)32-19-10-17(30)25(36)22(31)21(19)29)40-11-13-12-42-27-23(26(37)34(27)24(13)28(38)39)33-20(35)9-15-4-3-7-41-15/h3-8,10,23,27H,9,11-12H2,1-2H3,(H,33,35)(H,38,39)/t23-,27+/m1/s1. The SMILES string of the molecule is CC1(C)C2=C(Cl)C(=O)C(Cl)=CC2=Nc2ccc(OCC3=C(C(=O)O)N4C(=O)[C@@H](NC(=O)Cc5cccs5)[C@@H]4SC3)cc21. The fourth-order valence-corrected chi connectivity index (χ4v) is 8.21. The quantitative estimate of drug-likeness (QED) is 0.332. The van der Waals surface area contributed by atoms with Crippen LogP contribution in [0.3, 0.4) is 0 Å². The van der Waals surface area contributed by atoms with Gasteiger partial charge in [-0.3, -0.25) is 19.3 Å². The van der Waals surface area contributed by atoms with Gasteiger partial charge in [0, 0.05) is 27.2 Å². The van der Waals surface area contributed by atoms with Crippen LogP contribution in [0.25, 0.3) is 0 Å². The lowest BCUT2D eigenvalue weighted by molar-refractivity contribution is -0.150. The number of carboxylic acids is 1. The van der Waals surface area contributed by atoms with Crippen molar-refractivity contribution in [2.24, 2.45) is 4.99 Å². The highest BCUT2D eigenvalue weighted by atomic mass is 35.5. The molecule has 2 amide bonds. The monoisotopic (exact) mass is 643 g/mol. The molecule has 1 aromatic carbocycles. The second-order valence-corrected chi connectivity index (χ2v) is 13.5. The Kier molecular flexibility index (Phi) is 7.33. The van der Waals surface area contributed by atoms with E-state index in [2.05, 4.69) is 10.3 Å². The number of carbonyl (C=O) groups excluding carboxylic acids is 3. The third-order valence-electron chi connectivity index (χ3n) is 7.56. The van der Waals surface area contributed by atoms with Gasteiger partial charge in [-0.25, -0.2) is 9.79 Å². The number of nitrogens with one attached hydrogen (secondary N) is 1. The van der Waals surface area contributed by atoms with Crippen molar-refractivity contribution in [3.05, 3.63) is 79.1 Å². The normalized spacial score (nSPS) is 22.4. The number of hydrogen-bond acceptors (Lipinski definition) is 8. The van der Waals surface area contributed by atoms with Crippen LogP contribution in [0.2, 0.25) is 0 Å². The molecule has 2 N–H and O–H groups in total. The Balaban J connectivity index is 1.20. The van der Waals surface area contributed by atoms with Crippen LogP contribution in [-0.4, -0.2) is 63.1 Å². The van der Waals surface area contributed by atoms with Crippen LogP contribution in [0.4, 0.5) is 5.69 Å². The number of aliphatic imine (C=N–C) groups is 1. The smallest absolute Gasteiger partial charge is 0.352 e. The Morgan fingerprint density at radius 2 is 2.02 bits per heavy atom. The molecule has 0 unspecified atom stereocenters. The number of ketones is 1. The number of halogens is 2. The fourth-order valence-electron chi connectivity index (χ4n) is 5.50. The highest BCUT2D eigenvalue weighted by molar-refractivity contribution is 8.00. The number of carboxylic acid groups (broad SMARTS) is 1. The average Bonchev–Trinajstić information content (AvgIpc) is 3.45. The average molecular weight is 645 g/mol. The number of allylic oxidation sites excluding steroid dienone is 4. The van der Waals surface area contributed by atoms with Crippen LogP contribution >= 0.6 is 46.3 Å². The molecule has 1 aliphatic carbocycles. The number of carbonyl (C=O) groups is 4. The third kappa shape index (κ3) is 4.78. The summed E-state index contributed by atoms with van der Waals surface area (Å²) in [5.41, 5.74) is 2.18. The Labute approximate surface area is 258 Å². The van der Waals surface area contributed by atoms with Gasteiger partial charge in [0.15, 0.2) is 0 Å². The van der Waals surface area contributed by atoms with E-state index in [0.29, 0.717) is 34.0 Å². The highest BCUT2D eigenvalue weighted by Gasteiger charge is 2.54. The second-order valence-electron chi connectivity index (χ2n) is 10.6. The molecule has 2 atom stereocenters. The number of amides is 2. The Morgan fingerprint density at radius 1 is 1.24 bits per heavy atom. The molecule has 0 bridgehead atoms. The van der Waals surface area contributed by atoms with Crippen molar-refractivity contribution in [3.63, 3.8) is 0 Å². The van der Waals surface area contributed by atoms with Crippen LogP contribution in [0.15, 0.2) is 73.7 Å². The molecule has 4 heterocycles. The number of thioether (sulfide) groups is 1. The molecule has 6 rings (SSSR count). The van der Waals surface area contributed by atoms with Gasteiger partial charge < -0.3 is 15.2 Å². The van der Waals surface area contributed by atoms with E-state index in [0.717, 1.165) is 10.4 Å². The first-order valence-corrected chi connectivity index (χ1v) is 15.6. The molecule has 13 heteroatoms. The fraction of sp³-hybridized carbons (Fsp3) is 0.276. The molecule has 1 fully saturated rings. The second kappa shape index (κ2) is 10.7. The summed E-state index contributed by atoms with van der Waals surface area (Å²) in [5, 5.41) is 14.2. The Bertz CT molecular complexity index is 1690. The lowest BCUT2D eigenvalue weighted by atomic mass is 9.71. The minimum atomic E-state index is -1.24. The zero-order valence-electron chi connectivity index (χ0n) is 22.3. The van der Waals surface area contributed by atoms with Crippen LogP contribution in [0, 0.1) is 0 Å². The van der Waals surface area contributed by atoms with Crippen LogP contribution in [0.5, 0.6) is 5.75 Å². The maximum Gasteiger partial charge on any atom is 0.352 e. The lowest BCUT2D eigenvalue weighted by Gasteiger charge is -2.49. The summed E-state index contributed by atoms with van der Waals surface area (Å²) in [7, 11) is 0. The van der Waals surface area contributed by atoms with Crippen molar-refractivity contribution in [2.75, 3.05) is 12.4 Å². The number of benzene rings is 1. The van der Waals surface area contributed by atoms with Crippen molar-refractivity contribution in [3.8, 4) is 5.75 Å². The summed E-state index contributed by atoms with van der Waals surface area (Å²) in [4.78, 5) is 56.9. The van der Waals surface area contributed by atoms with E-state index in [9.17, 15) is 24.3 Å². The molecule has 0 saturated carbocycles. The van der Waals surface area contributed by atoms with Crippen LogP contribution in [0.1, 0.15) is 24.3 Å². The zero-order valence-corrected chi connectivity index (χ0v) is 25.4. The molecule has 42 heavy (non-hydrogen) atoms. The first kappa shape index (κ1) is 28.7. The van der Waals surface area contributed by atoms with Gasteiger partial charge in [0.25, 0.3) is 5.91 Å². The number of hydrogen-bond donors (Lipinski definition) is 2. The predicted molar refractivity (Wildman–Crippen MR) is 162 cm³/mol. The molecule has 0 radical (unpaired) electrons. The van der Waals surface area contributed by atoms with E-state index in [1.54, 1.807) is 18.2 Å². The molecular formula is C29H23Cl2N3O6S2. The first-order chi connectivity index (χ1) is 20.0. The molecule has 0 spiro atoms. The largest absolute Gasteiger partial charge is 0.489 e. The van der Waals surface area contributed by atoms with Crippen LogP contribution < -0.4 is 10.1 Å². The van der Waals surface area contributed by atoms with Gasteiger partial charge in [-0.2, -0.15) is 0 Å². The van der Waals surface area contributed by atoms with Gasteiger partial charge >= 0.3 is 5.97 Å². The number of fused-ring (bicyclic) bond motifs is 3. The summed E-state index contributed by atoms with van der Waals surface area (Å²) in [6.07, 6.45) is 1.68. The van der Waals surface area contributed by atoms with Crippen molar-refractivity contribution >= 4 is 81.3 Å². The van der Waals surface area contributed by atoms with Gasteiger partial charge in [-0.05, 0) is 41.3 Å². The van der Waals surface area contributed by atoms with Crippen LogP contribution in [-0.2, 0) is 31.0 Å². The van der Waals surface area contributed by atoms with Crippen molar-refractivity contribution in [1.29, 1.82) is 0 Å². The number of thiophene rings is 1. The molecule has 9 nitrogen and oxygen atoms in total. The van der Waals surface area contributed by atoms with E-state index < -0.39 is 34.5 Å². The molecule has 3 aliphatic heterocycles. The number of nitrogens with zero attached hydrogens (tertiary/aromatic N) is 2. The first-order valence-electron chi connectivity index (χ1n) is 12.9. The van der Waals surface area contributed by atoms with Gasteiger partial charge in [-0.15, -0.1) is 23.1 Å². The van der Waals surface area contributed by atoms with Crippen molar-refractivity contribution in [1.82, 2.24) is 10.2 Å². The van der Waals surface area contributed by atoms with Gasteiger partial charge in [0.2, 0.25) is 11.7 Å². The molecular weight excluding hydrogens is 621 g/mol. The third-order valence-corrected chi connectivity index (χ3v) is 10.4. The summed E-state index contributed by atoms with van der Waals surface area (Å²) < 4.78 is 6.04. The van der Waals surface area contributed by atoms with E-state index in [1.165, 1.54) is 34.1 Å². The lowest BCUT2D eigenvalue weighted by Crippen LogP contribution is -2.70. The molecule has 1 saturated heterocycles. The molecule has 2 aromatic rings. The molecule has 1 aromatic heterocycles. The minimum Gasteiger partial charge on any atom is -0.489 e. The Morgan fingerprint density at radius 3 is 2.74 bits per heavy atom. The van der Waals surface area contributed by atoms with E-state index >= 15 is 0 Å². The maximum absolute atomic E-state index is 13.0. The summed E-state index contributed by atoms with van der Waals surface area (Å²) >= 11 is 15.3. The topological polar surface area (TPSA) is 125 Å². The summed E-state index contributed by atoms with van der Waals surface area (Å²) in [5.74, 6) is -1.67. The number of Topliss-reactive ketones (excluding diaryl/α,β-unsaturated/α-hetero) is 1. The Hall–Kier alpha value is -3.38. The number of ether oxygens (including phenoxy) is 1. The van der Waals surface area contributed by atoms with E-state index in [-0.39, 0.29) is 34.7 Å². The highest BCUT2D eigenvalue weighted by Crippen LogP contribution is 2.48. The van der Waals surface area contributed by atoms with Crippen molar-refractivity contribution < 1.29 is 29.0 Å². The van der Waals surface area contributed by atoms with E-state index in [4.69, 9.17) is 27.9 Å². The number of β-lactam (4-membered cyclic amide) rings is 1. The summed E-state index contributed by atoms with van der Waals surface area (Å²) in [6.45, 7) is 3.79. The van der Waals surface area contributed by atoms with E-state index in [1.807, 2.05) is 31.4 Å². The van der Waals surface area contributed by atoms with Gasteiger partial charge in [0.05, 0.1) is 27.9 Å². The number of rotatable bonds is 7. The van der Waals surface area contributed by atoms with Crippen molar-refractivity contribution in [2.45, 2.75) is 37.1 Å². The minimum absolute atomic E-state index is 0.00423. The maximum atomic E-state index is 13.0. The number of aliphatic carboxylic acids is 1. The molecule has 4 aliphatic rings.